The van der Waals surface area contributed by atoms with Crippen LogP contribution in [-0.2, 0) is 0 Å². The zero-order chi connectivity index (χ0) is 8.85. The van der Waals surface area contributed by atoms with E-state index in [0.717, 1.165) is 0 Å². The summed E-state index contributed by atoms with van der Waals surface area (Å²) >= 11 is 0. The molecule has 0 spiro atoms. The van der Waals surface area contributed by atoms with Crippen molar-refractivity contribution in [1.29, 1.82) is 0 Å². The van der Waals surface area contributed by atoms with Crippen molar-refractivity contribution in [2.45, 2.75) is 26.0 Å². The van der Waals surface area contributed by atoms with Gasteiger partial charge in [0.15, 0.2) is 0 Å². The molecule has 0 aliphatic carbocycles. The lowest BCUT2D eigenvalue weighted by Crippen LogP contribution is -2.39. The largest absolute Gasteiger partial charge is 0.465 e. The van der Waals surface area contributed by atoms with E-state index < -0.39 is 18.2 Å². The molecule has 0 saturated carbocycles. The molecule has 2 unspecified atom stereocenters. The van der Waals surface area contributed by atoms with Crippen molar-refractivity contribution in [2.75, 3.05) is 0 Å². The van der Waals surface area contributed by atoms with Crippen LogP contribution in [-0.4, -0.2) is 28.5 Å². The van der Waals surface area contributed by atoms with Gasteiger partial charge in [-0.3, -0.25) is 0 Å². The van der Waals surface area contributed by atoms with Crippen molar-refractivity contribution in [2.24, 2.45) is 0 Å². The fourth-order valence-electron chi connectivity index (χ4n) is 0.547. The third-order valence-electron chi connectivity index (χ3n) is 1.12. The van der Waals surface area contributed by atoms with E-state index in [2.05, 4.69) is 17.2 Å². The minimum Gasteiger partial charge on any atom is -0.465 e. The first-order chi connectivity index (χ1) is 5.07. The predicted molar refractivity (Wildman–Crippen MR) is 40.1 cm³/mol. The molecular formula is C7H11NO3. The predicted octanol–water partition coefficient (Wildman–Crippen LogP) is 0.0267. The Morgan fingerprint density at radius 3 is 2.55 bits per heavy atom. The molecule has 0 heterocycles. The molecule has 4 nitrogen and oxygen atoms in total. The molecule has 0 aromatic rings. The molecule has 4 heteroatoms. The van der Waals surface area contributed by atoms with Crippen molar-refractivity contribution in [3.63, 3.8) is 0 Å². The van der Waals surface area contributed by atoms with Crippen LogP contribution in [0.15, 0.2) is 0 Å². The fraction of sp³-hybridized carbons (Fsp3) is 0.571. The number of aliphatic hydroxyl groups is 1. The Labute approximate surface area is 65.2 Å². The first-order valence-corrected chi connectivity index (χ1v) is 3.17. The van der Waals surface area contributed by atoms with Crippen LogP contribution in [0.5, 0.6) is 0 Å². The van der Waals surface area contributed by atoms with Gasteiger partial charge in [-0.1, -0.05) is 5.92 Å². The van der Waals surface area contributed by atoms with Gasteiger partial charge in [-0.05, 0) is 13.8 Å². The molecule has 0 rings (SSSR count). The van der Waals surface area contributed by atoms with Gasteiger partial charge >= 0.3 is 6.09 Å². The molecule has 0 aromatic carbocycles. The molecule has 0 aliphatic heterocycles. The van der Waals surface area contributed by atoms with Crippen molar-refractivity contribution in [1.82, 2.24) is 5.32 Å². The minimum absolute atomic E-state index is 0.556. The van der Waals surface area contributed by atoms with Crippen LogP contribution in [0, 0.1) is 11.8 Å². The molecule has 0 bridgehead atoms. The smallest absolute Gasteiger partial charge is 0.404 e. The van der Waals surface area contributed by atoms with Crippen LogP contribution in [0.3, 0.4) is 0 Å². The monoisotopic (exact) mass is 157 g/mol. The Balaban J connectivity index is 3.88. The first-order valence-electron chi connectivity index (χ1n) is 3.17. The summed E-state index contributed by atoms with van der Waals surface area (Å²) in [5.74, 6) is 4.92. The van der Waals surface area contributed by atoms with Crippen molar-refractivity contribution >= 4 is 6.09 Å². The standard InChI is InChI=1S/C7H11NO3/c1-3-4-6(9)5(2)8-7(10)11/h5-6,8-9H,1-2H3,(H,10,11). The van der Waals surface area contributed by atoms with Crippen molar-refractivity contribution < 1.29 is 15.0 Å². The maximum atomic E-state index is 10.0. The van der Waals surface area contributed by atoms with Gasteiger partial charge in [-0.2, -0.15) is 0 Å². The Morgan fingerprint density at radius 2 is 2.18 bits per heavy atom. The lowest BCUT2D eigenvalue weighted by Gasteiger charge is -2.12. The number of hydrogen-bond acceptors (Lipinski definition) is 2. The third-order valence-corrected chi connectivity index (χ3v) is 1.12. The second-order valence-corrected chi connectivity index (χ2v) is 2.08. The number of hydrogen-bond donors (Lipinski definition) is 3. The van der Waals surface area contributed by atoms with Gasteiger partial charge in [0.05, 0.1) is 6.04 Å². The molecule has 62 valence electrons. The summed E-state index contributed by atoms with van der Waals surface area (Å²) in [6, 6.07) is -0.556. The van der Waals surface area contributed by atoms with E-state index in [9.17, 15) is 4.79 Å². The van der Waals surface area contributed by atoms with Crippen molar-refractivity contribution in [3.8, 4) is 11.8 Å². The Morgan fingerprint density at radius 1 is 1.64 bits per heavy atom. The third kappa shape index (κ3) is 4.23. The molecule has 1 amide bonds. The molecule has 0 radical (unpaired) electrons. The molecular weight excluding hydrogens is 146 g/mol. The Hall–Kier alpha value is -1.21. The Bertz CT molecular complexity index is 192. The van der Waals surface area contributed by atoms with Crippen LogP contribution in [0.4, 0.5) is 4.79 Å². The summed E-state index contributed by atoms with van der Waals surface area (Å²) in [6.07, 6.45) is -2.09. The maximum Gasteiger partial charge on any atom is 0.404 e. The van der Waals surface area contributed by atoms with Gasteiger partial charge in [0.2, 0.25) is 0 Å². The van der Waals surface area contributed by atoms with Gasteiger partial charge < -0.3 is 15.5 Å². The van der Waals surface area contributed by atoms with E-state index in [1.807, 2.05) is 0 Å². The highest BCUT2D eigenvalue weighted by molar-refractivity contribution is 5.64. The highest BCUT2D eigenvalue weighted by Gasteiger charge is 2.12. The van der Waals surface area contributed by atoms with E-state index in [1.54, 1.807) is 13.8 Å². The molecule has 0 aromatic heterocycles. The second-order valence-electron chi connectivity index (χ2n) is 2.08. The van der Waals surface area contributed by atoms with Crippen LogP contribution >= 0.6 is 0 Å². The van der Waals surface area contributed by atoms with Crippen molar-refractivity contribution in [3.05, 3.63) is 0 Å². The van der Waals surface area contributed by atoms with E-state index in [1.165, 1.54) is 0 Å². The summed E-state index contributed by atoms with van der Waals surface area (Å²) in [7, 11) is 0. The number of rotatable bonds is 2. The summed E-state index contributed by atoms with van der Waals surface area (Å²) < 4.78 is 0. The SMILES string of the molecule is CC#CC(O)C(C)NC(=O)O. The molecule has 0 saturated heterocycles. The fourth-order valence-corrected chi connectivity index (χ4v) is 0.547. The summed E-state index contributed by atoms with van der Waals surface area (Å²) in [4.78, 5) is 10.0. The van der Waals surface area contributed by atoms with Crippen LogP contribution in [0.1, 0.15) is 13.8 Å². The normalized spacial score (nSPS) is 14.1. The first kappa shape index (κ1) is 9.79. The minimum atomic E-state index is -1.16. The highest BCUT2D eigenvalue weighted by atomic mass is 16.4. The van der Waals surface area contributed by atoms with E-state index in [0.29, 0.717) is 0 Å². The highest BCUT2D eigenvalue weighted by Crippen LogP contribution is 1.89. The number of aliphatic hydroxyl groups excluding tert-OH is 1. The molecule has 0 fully saturated rings. The number of carboxylic acid groups (broad SMARTS) is 1. The average Bonchev–Trinajstić information content (AvgIpc) is 1.86. The molecule has 3 N–H and O–H groups in total. The molecule has 0 aliphatic rings. The number of carbonyl (C=O) groups is 1. The topological polar surface area (TPSA) is 69.6 Å². The second kappa shape index (κ2) is 4.58. The van der Waals surface area contributed by atoms with Crippen LogP contribution in [0.25, 0.3) is 0 Å². The van der Waals surface area contributed by atoms with Gasteiger partial charge in [-0.25, -0.2) is 4.79 Å². The Kier molecular flexibility index (Phi) is 4.08. The van der Waals surface area contributed by atoms with Gasteiger partial charge in [0.25, 0.3) is 0 Å². The zero-order valence-corrected chi connectivity index (χ0v) is 6.46. The lowest BCUT2D eigenvalue weighted by atomic mass is 10.2. The maximum absolute atomic E-state index is 10.0. The van der Waals surface area contributed by atoms with Crippen LogP contribution in [0.2, 0.25) is 0 Å². The van der Waals surface area contributed by atoms with E-state index in [-0.39, 0.29) is 0 Å². The summed E-state index contributed by atoms with van der Waals surface area (Å²) in [6.45, 7) is 3.12. The van der Waals surface area contributed by atoms with Gasteiger partial charge in [-0.15, -0.1) is 5.92 Å². The van der Waals surface area contributed by atoms with E-state index >= 15 is 0 Å². The quantitative estimate of drug-likeness (QED) is 0.495. The summed E-state index contributed by atoms with van der Waals surface area (Å²) in [5, 5.41) is 19.4. The molecule has 2 atom stereocenters. The zero-order valence-electron chi connectivity index (χ0n) is 6.46. The van der Waals surface area contributed by atoms with E-state index in [4.69, 9.17) is 10.2 Å². The van der Waals surface area contributed by atoms with Gasteiger partial charge in [0.1, 0.15) is 6.10 Å². The number of amides is 1. The lowest BCUT2D eigenvalue weighted by molar-refractivity contribution is 0.161. The van der Waals surface area contributed by atoms with Gasteiger partial charge in [0, 0.05) is 0 Å². The van der Waals surface area contributed by atoms with Crippen LogP contribution < -0.4 is 5.32 Å². The molecule has 11 heavy (non-hydrogen) atoms. The number of nitrogens with one attached hydrogen (secondary N) is 1. The summed E-state index contributed by atoms with van der Waals surface area (Å²) in [5.41, 5.74) is 0. The average molecular weight is 157 g/mol.